The Kier molecular flexibility index (Phi) is 5.63. The maximum Gasteiger partial charge on any atom is 0.136 e. The summed E-state index contributed by atoms with van der Waals surface area (Å²) < 4.78 is 14.9. The van der Waals surface area contributed by atoms with Crippen molar-refractivity contribution in [3.8, 4) is 5.69 Å². The third kappa shape index (κ3) is 3.99. The largest absolute Gasteiger partial charge is 0.456 e. The maximum absolute atomic E-state index is 6.31. The van der Waals surface area contributed by atoms with Crippen molar-refractivity contribution in [3.63, 3.8) is 0 Å². The molecule has 234 valence electrons. The minimum atomic E-state index is 0.877. The van der Waals surface area contributed by atoms with E-state index in [2.05, 4.69) is 155 Å². The fourth-order valence-electron chi connectivity index (χ4n) is 7.85. The Balaban J connectivity index is 1.16. The number of para-hydroxylation sites is 4. The van der Waals surface area contributed by atoms with Gasteiger partial charge in [0.2, 0.25) is 0 Å². The van der Waals surface area contributed by atoms with Gasteiger partial charge in [0.05, 0.1) is 11.0 Å². The van der Waals surface area contributed by atoms with Crippen LogP contribution in [0.4, 0.5) is 17.1 Å². The van der Waals surface area contributed by atoms with E-state index >= 15 is 0 Å². The molecule has 0 fully saturated rings. The highest BCUT2D eigenvalue weighted by molar-refractivity contribution is 6.13. The summed E-state index contributed by atoms with van der Waals surface area (Å²) in [6, 6.07) is 60.3. The van der Waals surface area contributed by atoms with E-state index in [0.29, 0.717) is 0 Å². The van der Waals surface area contributed by atoms with Crippen LogP contribution in [0.5, 0.6) is 0 Å². The van der Waals surface area contributed by atoms with Gasteiger partial charge in [-0.1, -0.05) is 78.9 Å². The standard InChI is InChI=1S/C46H28N2O2/c1-2-10-31(11-3-1)48-41-15-7-4-12-35(41)38-27-33(20-22-42(38)48)47(34-21-23-45-40(28-34)37-14-6-8-16-43(37)49-45)32-19-18-29-25-39-36-13-5-9-17-44(36)50-46(39)26-30(29)24-32/h1-28H. The molecule has 3 heterocycles. The molecule has 11 aromatic rings. The minimum absolute atomic E-state index is 0.877. The van der Waals surface area contributed by atoms with Crippen molar-refractivity contribution in [2.24, 2.45) is 0 Å². The molecule has 0 amide bonds. The van der Waals surface area contributed by atoms with Gasteiger partial charge in [-0.25, -0.2) is 0 Å². The summed E-state index contributed by atoms with van der Waals surface area (Å²) in [6.45, 7) is 0. The first-order chi connectivity index (χ1) is 24.8. The van der Waals surface area contributed by atoms with E-state index in [1.54, 1.807) is 0 Å². The van der Waals surface area contributed by atoms with Crippen molar-refractivity contribution in [1.29, 1.82) is 0 Å². The van der Waals surface area contributed by atoms with Crippen LogP contribution >= 0.6 is 0 Å². The van der Waals surface area contributed by atoms with Crippen LogP contribution in [0.25, 0.3) is 82.1 Å². The van der Waals surface area contributed by atoms with E-state index in [0.717, 1.165) is 72.0 Å². The van der Waals surface area contributed by atoms with E-state index in [9.17, 15) is 0 Å². The van der Waals surface area contributed by atoms with Gasteiger partial charge in [0.1, 0.15) is 22.3 Å². The Bertz CT molecular complexity index is 3110. The zero-order valence-electron chi connectivity index (χ0n) is 26.9. The van der Waals surface area contributed by atoms with Crippen LogP contribution in [-0.2, 0) is 0 Å². The third-order valence-corrected chi connectivity index (χ3v) is 10.1. The molecule has 0 aliphatic carbocycles. The minimum Gasteiger partial charge on any atom is -0.456 e. The lowest BCUT2D eigenvalue weighted by molar-refractivity contribution is 0.668. The van der Waals surface area contributed by atoms with Crippen LogP contribution in [0.1, 0.15) is 0 Å². The van der Waals surface area contributed by atoms with Gasteiger partial charge >= 0.3 is 0 Å². The van der Waals surface area contributed by atoms with Crippen LogP contribution in [0.2, 0.25) is 0 Å². The van der Waals surface area contributed by atoms with Crippen LogP contribution in [0, 0.1) is 0 Å². The quantitative estimate of drug-likeness (QED) is 0.192. The molecule has 0 N–H and O–H groups in total. The van der Waals surface area contributed by atoms with Gasteiger partial charge in [-0.05, 0) is 102 Å². The van der Waals surface area contributed by atoms with E-state index in [1.165, 1.54) is 27.2 Å². The summed E-state index contributed by atoms with van der Waals surface area (Å²) in [7, 11) is 0. The molecule has 0 aliphatic heterocycles. The molecule has 0 spiro atoms. The second-order valence-electron chi connectivity index (χ2n) is 13.0. The zero-order valence-corrected chi connectivity index (χ0v) is 26.9. The molecule has 0 radical (unpaired) electrons. The molecular weight excluding hydrogens is 613 g/mol. The molecule has 0 bridgehead atoms. The number of nitrogens with zero attached hydrogens (tertiary/aromatic N) is 2. The average molecular weight is 641 g/mol. The highest BCUT2D eigenvalue weighted by atomic mass is 16.3. The van der Waals surface area contributed by atoms with Gasteiger partial charge < -0.3 is 18.3 Å². The van der Waals surface area contributed by atoms with Gasteiger partial charge in [0, 0.05) is 55.1 Å². The summed E-state index contributed by atoms with van der Waals surface area (Å²) in [5.41, 5.74) is 10.3. The topological polar surface area (TPSA) is 34.5 Å². The Morgan fingerprint density at radius 2 is 0.900 bits per heavy atom. The Labute approximate surface area is 286 Å². The fourth-order valence-corrected chi connectivity index (χ4v) is 7.85. The predicted octanol–water partition coefficient (Wildman–Crippen LogP) is 13.2. The molecule has 4 heteroatoms. The molecule has 11 rings (SSSR count). The van der Waals surface area contributed by atoms with Crippen molar-refractivity contribution >= 4 is 93.5 Å². The van der Waals surface area contributed by atoms with Crippen molar-refractivity contribution in [3.05, 3.63) is 170 Å². The molecule has 3 aromatic heterocycles. The van der Waals surface area contributed by atoms with E-state index < -0.39 is 0 Å². The monoisotopic (exact) mass is 640 g/mol. The van der Waals surface area contributed by atoms with Crippen molar-refractivity contribution in [2.45, 2.75) is 0 Å². The van der Waals surface area contributed by atoms with Crippen LogP contribution in [0.3, 0.4) is 0 Å². The highest BCUT2D eigenvalue weighted by Crippen LogP contribution is 2.43. The Morgan fingerprint density at radius 1 is 0.340 bits per heavy atom. The fraction of sp³-hybridized carbons (Fsp3) is 0. The summed E-state index contributed by atoms with van der Waals surface area (Å²) >= 11 is 0. The first-order valence-electron chi connectivity index (χ1n) is 16.9. The van der Waals surface area contributed by atoms with E-state index in [-0.39, 0.29) is 0 Å². The number of furan rings is 2. The summed E-state index contributed by atoms with van der Waals surface area (Å²) in [5, 5.41) is 9.18. The van der Waals surface area contributed by atoms with E-state index in [1.807, 2.05) is 24.3 Å². The van der Waals surface area contributed by atoms with Crippen LogP contribution < -0.4 is 4.90 Å². The normalized spacial score (nSPS) is 12.0. The second-order valence-corrected chi connectivity index (χ2v) is 13.0. The summed E-state index contributed by atoms with van der Waals surface area (Å²) in [4.78, 5) is 2.36. The lowest BCUT2D eigenvalue weighted by Crippen LogP contribution is -2.10. The molecular formula is C46H28N2O2. The maximum atomic E-state index is 6.31. The van der Waals surface area contributed by atoms with Crippen LogP contribution in [0.15, 0.2) is 179 Å². The molecule has 8 aromatic carbocycles. The molecule has 4 nitrogen and oxygen atoms in total. The molecule has 50 heavy (non-hydrogen) atoms. The van der Waals surface area contributed by atoms with Crippen molar-refractivity contribution in [1.82, 2.24) is 4.57 Å². The SMILES string of the molecule is c1ccc(-n2c3ccccc3c3cc(N(c4ccc5cc6c(cc5c4)oc4ccccc46)c4ccc5oc6ccccc6c5c4)ccc32)cc1. The number of fused-ring (bicyclic) bond motifs is 10. The van der Waals surface area contributed by atoms with Gasteiger partial charge in [-0.15, -0.1) is 0 Å². The van der Waals surface area contributed by atoms with Gasteiger partial charge in [-0.2, -0.15) is 0 Å². The number of hydrogen-bond donors (Lipinski definition) is 0. The van der Waals surface area contributed by atoms with E-state index in [4.69, 9.17) is 8.83 Å². The Hall–Kier alpha value is -6.78. The number of anilines is 3. The zero-order chi connectivity index (χ0) is 32.8. The van der Waals surface area contributed by atoms with Gasteiger partial charge in [0.25, 0.3) is 0 Å². The first kappa shape index (κ1) is 27.2. The average Bonchev–Trinajstić information content (AvgIpc) is 3.83. The number of benzene rings is 8. The third-order valence-electron chi connectivity index (χ3n) is 10.1. The number of aromatic nitrogens is 1. The molecule has 0 saturated heterocycles. The first-order valence-corrected chi connectivity index (χ1v) is 16.9. The van der Waals surface area contributed by atoms with Crippen molar-refractivity contribution < 1.29 is 8.83 Å². The second kappa shape index (κ2) is 10.4. The van der Waals surface area contributed by atoms with Crippen LogP contribution in [-0.4, -0.2) is 4.57 Å². The lowest BCUT2D eigenvalue weighted by Gasteiger charge is -2.26. The molecule has 0 atom stereocenters. The van der Waals surface area contributed by atoms with Gasteiger partial charge in [-0.3, -0.25) is 0 Å². The molecule has 0 saturated carbocycles. The predicted molar refractivity (Wildman–Crippen MR) is 208 cm³/mol. The summed E-state index contributed by atoms with van der Waals surface area (Å²) in [5.74, 6) is 0. The molecule has 0 unspecified atom stereocenters. The number of hydrogen-bond acceptors (Lipinski definition) is 3. The highest BCUT2D eigenvalue weighted by Gasteiger charge is 2.19. The Morgan fingerprint density at radius 3 is 1.70 bits per heavy atom. The van der Waals surface area contributed by atoms with Crippen molar-refractivity contribution in [2.75, 3.05) is 4.90 Å². The smallest absolute Gasteiger partial charge is 0.136 e. The lowest BCUT2D eigenvalue weighted by atomic mass is 10.0. The van der Waals surface area contributed by atoms with Gasteiger partial charge in [0.15, 0.2) is 0 Å². The summed E-state index contributed by atoms with van der Waals surface area (Å²) in [6.07, 6.45) is 0. The number of rotatable bonds is 4. The molecule has 0 aliphatic rings.